The number of fused-ring (bicyclic) bond motifs is 1. The number of hydrogen-bond donors (Lipinski definition) is 2. The summed E-state index contributed by atoms with van der Waals surface area (Å²) in [5.74, 6) is -0.538. The van der Waals surface area contributed by atoms with Crippen molar-refractivity contribution in [1.29, 1.82) is 0 Å². The molecule has 0 fully saturated rings. The number of hydrogen-bond acceptors (Lipinski definition) is 5. The third-order valence-electron chi connectivity index (χ3n) is 3.61. The standard InChI is InChI=1S/C17H17N3O3/c1-23-10-20-14-8-7-12(18)9-13(14)15(19-16(21)17(20)22)11-5-3-2-4-6-11/h2-9,16,21H,10,18H2,1H3. The van der Waals surface area contributed by atoms with E-state index in [-0.39, 0.29) is 6.73 Å². The molecule has 118 valence electrons. The van der Waals surface area contributed by atoms with E-state index in [9.17, 15) is 9.90 Å². The van der Waals surface area contributed by atoms with E-state index in [4.69, 9.17) is 10.5 Å². The molecule has 0 aliphatic carbocycles. The molecule has 3 N–H and O–H groups in total. The molecule has 1 heterocycles. The highest BCUT2D eigenvalue weighted by atomic mass is 16.5. The Morgan fingerprint density at radius 3 is 2.70 bits per heavy atom. The molecule has 23 heavy (non-hydrogen) atoms. The van der Waals surface area contributed by atoms with Crippen LogP contribution in [0.3, 0.4) is 0 Å². The second-order valence-electron chi connectivity index (χ2n) is 5.18. The fourth-order valence-corrected chi connectivity index (χ4v) is 2.57. The highest BCUT2D eigenvalue weighted by molar-refractivity contribution is 6.20. The number of ether oxygens (including phenoxy) is 1. The van der Waals surface area contributed by atoms with Crippen LogP contribution in [0.4, 0.5) is 11.4 Å². The molecule has 0 saturated carbocycles. The van der Waals surface area contributed by atoms with E-state index in [0.29, 0.717) is 22.6 Å². The Kier molecular flexibility index (Phi) is 4.10. The number of carbonyl (C=O) groups is 1. The van der Waals surface area contributed by atoms with Crippen molar-refractivity contribution in [3.8, 4) is 0 Å². The SMILES string of the molecule is COCN1C(=O)C(O)N=C(c2ccccc2)c2cc(N)ccc21. The van der Waals surface area contributed by atoms with E-state index in [1.54, 1.807) is 18.2 Å². The van der Waals surface area contributed by atoms with Gasteiger partial charge in [-0.05, 0) is 18.2 Å². The summed E-state index contributed by atoms with van der Waals surface area (Å²) in [6.07, 6.45) is -1.49. The molecule has 3 rings (SSSR count). The van der Waals surface area contributed by atoms with Gasteiger partial charge in [-0.25, -0.2) is 4.99 Å². The van der Waals surface area contributed by atoms with Gasteiger partial charge in [0.2, 0.25) is 6.23 Å². The molecular formula is C17H17N3O3. The molecule has 1 aliphatic rings. The summed E-state index contributed by atoms with van der Waals surface area (Å²) >= 11 is 0. The summed E-state index contributed by atoms with van der Waals surface area (Å²) in [6.45, 7) is 0.0183. The number of aliphatic imine (C=N–C) groups is 1. The van der Waals surface area contributed by atoms with Crippen LogP contribution in [0.2, 0.25) is 0 Å². The largest absolute Gasteiger partial charge is 0.399 e. The van der Waals surface area contributed by atoms with E-state index in [2.05, 4.69) is 4.99 Å². The second-order valence-corrected chi connectivity index (χ2v) is 5.18. The molecule has 1 aliphatic heterocycles. The van der Waals surface area contributed by atoms with Crippen LogP contribution < -0.4 is 10.6 Å². The first kappa shape index (κ1) is 15.2. The molecule has 2 aromatic rings. The Morgan fingerprint density at radius 2 is 2.00 bits per heavy atom. The number of aliphatic hydroxyl groups is 1. The van der Waals surface area contributed by atoms with Crippen LogP contribution in [0.25, 0.3) is 0 Å². The molecule has 6 heteroatoms. The lowest BCUT2D eigenvalue weighted by atomic mass is 9.99. The number of nitrogens with zero attached hydrogens (tertiary/aromatic N) is 2. The van der Waals surface area contributed by atoms with Crippen LogP contribution in [0.5, 0.6) is 0 Å². The number of aliphatic hydroxyl groups excluding tert-OH is 1. The van der Waals surface area contributed by atoms with Crippen LogP contribution in [0, 0.1) is 0 Å². The van der Waals surface area contributed by atoms with Crippen molar-refractivity contribution in [1.82, 2.24) is 0 Å². The molecular weight excluding hydrogens is 294 g/mol. The Labute approximate surface area is 133 Å². The maximum atomic E-state index is 12.4. The molecule has 1 unspecified atom stereocenters. The highest BCUT2D eigenvalue weighted by Crippen LogP contribution is 2.29. The maximum Gasteiger partial charge on any atom is 0.280 e. The van der Waals surface area contributed by atoms with Crippen molar-refractivity contribution in [2.75, 3.05) is 24.5 Å². The molecule has 0 bridgehead atoms. The Bertz CT molecular complexity index is 759. The average molecular weight is 311 g/mol. The molecule has 1 amide bonds. The van der Waals surface area contributed by atoms with Gasteiger partial charge in [-0.15, -0.1) is 0 Å². The van der Waals surface area contributed by atoms with E-state index in [1.165, 1.54) is 12.0 Å². The van der Waals surface area contributed by atoms with Gasteiger partial charge in [-0.2, -0.15) is 0 Å². The fraction of sp³-hybridized carbons (Fsp3) is 0.176. The van der Waals surface area contributed by atoms with E-state index < -0.39 is 12.1 Å². The molecule has 6 nitrogen and oxygen atoms in total. The third kappa shape index (κ3) is 2.81. The zero-order valence-corrected chi connectivity index (χ0v) is 12.6. The van der Waals surface area contributed by atoms with Crippen LogP contribution in [-0.4, -0.2) is 36.8 Å². The summed E-state index contributed by atoms with van der Waals surface area (Å²) in [4.78, 5) is 18.0. The number of benzene rings is 2. The predicted octanol–water partition coefficient (Wildman–Crippen LogP) is 1.38. The summed E-state index contributed by atoms with van der Waals surface area (Å²) in [5, 5.41) is 10.2. The summed E-state index contributed by atoms with van der Waals surface area (Å²) in [6, 6.07) is 14.6. The average Bonchev–Trinajstić information content (AvgIpc) is 2.66. The van der Waals surface area contributed by atoms with Gasteiger partial charge >= 0.3 is 0 Å². The van der Waals surface area contributed by atoms with E-state index in [1.807, 2.05) is 30.3 Å². The minimum Gasteiger partial charge on any atom is -0.399 e. The number of benzodiazepines with no additional fused rings is 1. The van der Waals surface area contributed by atoms with Gasteiger partial charge in [0.05, 0.1) is 11.4 Å². The van der Waals surface area contributed by atoms with E-state index >= 15 is 0 Å². The molecule has 0 aromatic heterocycles. The first-order chi connectivity index (χ1) is 11.1. The number of amides is 1. The van der Waals surface area contributed by atoms with Gasteiger partial charge in [-0.1, -0.05) is 30.3 Å². The van der Waals surface area contributed by atoms with Crippen LogP contribution in [0.1, 0.15) is 11.1 Å². The minimum absolute atomic E-state index is 0.0183. The lowest BCUT2D eigenvalue weighted by Gasteiger charge is -2.23. The fourth-order valence-electron chi connectivity index (χ4n) is 2.57. The zero-order chi connectivity index (χ0) is 16.4. The van der Waals surface area contributed by atoms with Crippen LogP contribution in [0.15, 0.2) is 53.5 Å². The first-order valence-electron chi connectivity index (χ1n) is 7.13. The summed E-state index contributed by atoms with van der Waals surface area (Å²) in [5.41, 5.74) is 9.06. The van der Waals surface area contributed by atoms with Crippen LogP contribution in [-0.2, 0) is 9.53 Å². The number of rotatable bonds is 3. The van der Waals surface area contributed by atoms with Gasteiger partial charge in [0.1, 0.15) is 6.73 Å². The smallest absolute Gasteiger partial charge is 0.280 e. The predicted molar refractivity (Wildman–Crippen MR) is 88.3 cm³/mol. The number of methoxy groups -OCH3 is 1. The maximum absolute atomic E-state index is 12.4. The topological polar surface area (TPSA) is 88.1 Å². The summed E-state index contributed by atoms with van der Waals surface area (Å²) < 4.78 is 5.10. The lowest BCUT2D eigenvalue weighted by Crippen LogP contribution is -2.39. The zero-order valence-electron chi connectivity index (χ0n) is 12.6. The highest BCUT2D eigenvalue weighted by Gasteiger charge is 2.30. The molecule has 0 saturated heterocycles. The Hall–Kier alpha value is -2.70. The Morgan fingerprint density at radius 1 is 1.26 bits per heavy atom. The first-order valence-corrected chi connectivity index (χ1v) is 7.13. The van der Waals surface area contributed by atoms with Crippen molar-refractivity contribution in [3.63, 3.8) is 0 Å². The molecule has 1 atom stereocenters. The van der Waals surface area contributed by atoms with E-state index in [0.717, 1.165) is 5.56 Å². The van der Waals surface area contributed by atoms with Gasteiger partial charge in [0, 0.05) is 23.9 Å². The van der Waals surface area contributed by atoms with Gasteiger partial charge in [0.15, 0.2) is 0 Å². The van der Waals surface area contributed by atoms with Crippen molar-refractivity contribution >= 4 is 23.0 Å². The van der Waals surface area contributed by atoms with Crippen molar-refractivity contribution in [2.24, 2.45) is 4.99 Å². The second kappa shape index (κ2) is 6.20. The van der Waals surface area contributed by atoms with Crippen molar-refractivity contribution in [3.05, 3.63) is 59.7 Å². The third-order valence-corrected chi connectivity index (χ3v) is 3.61. The molecule has 2 aromatic carbocycles. The Balaban J connectivity index is 2.23. The van der Waals surface area contributed by atoms with Crippen LogP contribution >= 0.6 is 0 Å². The normalized spacial score (nSPS) is 17.5. The summed E-state index contributed by atoms with van der Waals surface area (Å²) in [7, 11) is 1.49. The number of nitrogens with two attached hydrogens (primary N) is 1. The quantitative estimate of drug-likeness (QED) is 0.838. The van der Waals surface area contributed by atoms with Gasteiger partial charge in [-0.3, -0.25) is 9.69 Å². The van der Waals surface area contributed by atoms with Gasteiger partial charge < -0.3 is 15.6 Å². The number of carbonyl (C=O) groups excluding carboxylic acids is 1. The van der Waals surface area contributed by atoms with Gasteiger partial charge in [0.25, 0.3) is 5.91 Å². The monoisotopic (exact) mass is 311 g/mol. The molecule has 0 radical (unpaired) electrons. The molecule has 0 spiro atoms. The number of nitrogen functional groups attached to an aromatic ring is 1. The lowest BCUT2D eigenvalue weighted by molar-refractivity contribution is -0.127. The number of anilines is 2. The van der Waals surface area contributed by atoms with Crippen molar-refractivity contribution in [2.45, 2.75) is 6.23 Å². The minimum atomic E-state index is -1.49. The van der Waals surface area contributed by atoms with Crippen molar-refractivity contribution < 1.29 is 14.6 Å².